The highest BCUT2D eigenvalue weighted by Crippen LogP contribution is 2.24. The first-order valence-electron chi connectivity index (χ1n) is 7.91. The summed E-state index contributed by atoms with van der Waals surface area (Å²) < 4.78 is 0. The first-order valence-corrected chi connectivity index (χ1v) is 8.89. The number of hydrogen-bond acceptors (Lipinski definition) is 3. The van der Waals surface area contributed by atoms with Crippen molar-refractivity contribution in [3.05, 3.63) is 30.3 Å². The highest BCUT2D eigenvalue weighted by Gasteiger charge is 2.21. The van der Waals surface area contributed by atoms with Gasteiger partial charge < -0.3 is 10.6 Å². The van der Waals surface area contributed by atoms with Crippen LogP contribution in [0.4, 0.5) is 0 Å². The van der Waals surface area contributed by atoms with Crippen LogP contribution in [0, 0.1) is 11.8 Å². The van der Waals surface area contributed by atoms with E-state index in [2.05, 4.69) is 29.7 Å². The lowest BCUT2D eigenvalue weighted by Crippen LogP contribution is -2.34. The summed E-state index contributed by atoms with van der Waals surface area (Å²) in [5.41, 5.74) is 0. The van der Waals surface area contributed by atoms with E-state index in [0.717, 1.165) is 25.4 Å². The van der Waals surface area contributed by atoms with Crippen LogP contribution in [0.1, 0.15) is 26.2 Å². The summed E-state index contributed by atoms with van der Waals surface area (Å²) >= 11 is 1.79. The third kappa shape index (κ3) is 7.03. The number of nitrogens with one attached hydrogen (secondary N) is 2. The highest BCUT2D eigenvalue weighted by molar-refractivity contribution is 7.99. The third-order valence-corrected chi connectivity index (χ3v) is 5.15. The van der Waals surface area contributed by atoms with E-state index in [4.69, 9.17) is 0 Å². The molecule has 0 aliphatic carbocycles. The minimum Gasteiger partial charge on any atom is -0.355 e. The SMILES string of the molecule is CC(CC(=O)NCCSc1ccccc1)C1CCNCC1.Cl. The summed E-state index contributed by atoms with van der Waals surface area (Å²) in [6.07, 6.45) is 3.08. The van der Waals surface area contributed by atoms with Crippen LogP contribution in [-0.2, 0) is 4.79 Å². The Kier molecular flexibility index (Phi) is 9.60. The summed E-state index contributed by atoms with van der Waals surface area (Å²) in [5.74, 6) is 2.33. The molecule has 0 saturated carbocycles. The predicted molar refractivity (Wildman–Crippen MR) is 96.8 cm³/mol. The Morgan fingerprint density at radius 2 is 2.00 bits per heavy atom. The minimum absolute atomic E-state index is 0. The first kappa shape index (κ1) is 19.3. The molecule has 2 N–H and O–H groups in total. The highest BCUT2D eigenvalue weighted by atomic mass is 35.5. The van der Waals surface area contributed by atoms with Crippen molar-refractivity contribution in [2.75, 3.05) is 25.4 Å². The quantitative estimate of drug-likeness (QED) is 0.590. The number of piperidine rings is 1. The lowest BCUT2D eigenvalue weighted by molar-refractivity contribution is -0.122. The molecule has 1 heterocycles. The topological polar surface area (TPSA) is 41.1 Å². The second kappa shape index (κ2) is 10.9. The molecule has 1 saturated heterocycles. The Morgan fingerprint density at radius 1 is 1.32 bits per heavy atom. The van der Waals surface area contributed by atoms with Gasteiger partial charge in [0.2, 0.25) is 5.91 Å². The lowest BCUT2D eigenvalue weighted by Gasteiger charge is -2.27. The fourth-order valence-corrected chi connectivity index (χ4v) is 3.61. The molecule has 0 aromatic heterocycles. The van der Waals surface area contributed by atoms with Crippen LogP contribution >= 0.6 is 24.2 Å². The molecule has 3 nitrogen and oxygen atoms in total. The number of thioether (sulfide) groups is 1. The van der Waals surface area contributed by atoms with Crippen molar-refractivity contribution >= 4 is 30.1 Å². The molecule has 1 amide bonds. The number of carbonyl (C=O) groups is 1. The molecule has 1 fully saturated rings. The molecule has 1 atom stereocenters. The van der Waals surface area contributed by atoms with E-state index >= 15 is 0 Å². The Hall–Kier alpha value is -0.710. The van der Waals surface area contributed by atoms with Gasteiger partial charge in [-0.1, -0.05) is 25.1 Å². The second-order valence-electron chi connectivity index (χ2n) is 5.78. The van der Waals surface area contributed by atoms with Crippen molar-refractivity contribution in [1.82, 2.24) is 10.6 Å². The molecule has 5 heteroatoms. The van der Waals surface area contributed by atoms with Gasteiger partial charge in [-0.05, 0) is 49.9 Å². The predicted octanol–water partition coefficient (Wildman–Crippen LogP) is 3.34. The van der Waals surface area contributed by atoms with E-state index in [1.807, 2.05) is 18.2 Å². The van der Waals surface area contributed by atoms with E-state index in [0.29, 0.717) is 18.3 Å². The Morgan fingerprint density at radius 3 is 2.68 bits per heavy atom. The number of rotatable bonds is 7. The molecule has 0 bridgehead atoms. The van der Waals surface area contributed by atoms with Crippen molar-refractivity contribution in [2.24, 2.45) is 11.8 Å². The van der Waals surface area contributed by atoms with Gasteiger partial charge in [0.25, 0.3) is 0 Å². The molecule has 1 aromatic rings. The maximum atomic E-state index is 12.0. The Bertz CT molecular complexity index is 424. The average Bonchev–Trinajstić information content (AvgIpc) is 2.53. The fraction of sp³-hybridized carbons (Fsp3) is 0.588. The van der Waals surface area contributed by atoms with Crippen LogP contribution in [0.15, 0.2) is 35.2 Å². The normalized spacial score (nSPS) is 16.6. The van der Waals surface area contributed by atoms with Gasteiger partial charge >= 0.3 is 0 Å². The third-order valence-electron chi connectivity index (χ3n) is 4.13. The fourth-order valence-electron chi connectivity index (χ4n) is 2.82. The molecular weight excluding hydrogens is 316 g/mol. The maximum absolute atomic E-state index is 12.0. The first-order chi connectivity index (χ1) is 10.3. The minimum atomic E-state index is 0. The Balaban J connectivity index is 0.00000242. The molecule has 1 aliphatic heterocycles. The van der Waals surface area contributed by atoms with E-state index in [1.165, 1.54) is 17.7 Å². The van der Waals surface area contributed by atoms with Crippen molar-refractivity contribution in [3.63, 3.8) is 0 Å². The largest absolute Gasteiger partial charge is 0.355 e. The standard InChI is InChI=1S/C17H26N2OS.ClH/c1-14(15-7-9-18-10-8-15)13-17(20)19-11-12-21-16-5-3-2-4-6-16;/h2-6,14-15,18H,7-13H2,1H3,(H,19,20);1H. The molecule has 0 radical (unpaired) electrons. The summed E-state index contributed by atoms with van der Waals surface area (Å²) in [6.45, 7) is 5.17. The lowest BCUT2D eigenvalue weighted by atomic mass is 9.84. The van der Waals surface area contributed by atoms with E-state index in [-0.39, 0.29) is 18.3 Å². The summed E-state index contributed by atoms with van der Waals surface area (Å²) in [5, 5.41) is 6.42. The van der Waals surface area contributed by atoms with Crippen LogP contribution in [0.3, 0.4) is 0 Å². The summed E-state index contributed by atoms with van der Waals surface area (Å²) in [6, 6.07) is 10.3. The average molecular weight is 343 g/mol. The number of carbonyl (C=O) groups excluding carboxylic acids is 1. The molecule has 22 heavy (non-hydrogen) atoms. The molecule has 124 valence electrons. The smallest absolute Gasteiger partial charge is 0.220 e. The Labute approximate surface area is 144 Å². The monoisotopic (exact) mass is 342 g/mol. The zero-order valence-electron chi connectivity index (χ0n) is 13.2. The van der Waals surface area contributed by atoms with Crippen LogP contribution in [0.2, 0.25) is 0 Å². The van der Waals surface area contributed by atoms with Crippen molar-refractivity contribution < 1.29 is 4.79 Å². The molecule has 2 rings (SSSR count). The van der Waals surface area contributed by atoms with Gasteiger partial charge in [0.1, 0.15) is 0 Å². The number of hydrogen-bond donors (Lipinski definition) is 2. The van der Waals surface area contributed by atoms with Crippen LogP contribution < -0.4 is 10.6 Å². The van der Waals surface area contributed by atoms with Gasteiger partial charge in [-0.3, -0.25) is 4.79 Å². The van der Waals surface area contributed by atoms with E-state index < -0.39 is 0 Å². The van der Waals surface area contributed by atoms with E-state index in [9.17, 15) is 4.79 Å². The van der Waals surface area contributed by atoms with Crippen LogP contribution in [0.5, 0.6) is 0 Å². The van der Waals surface area contributed by atoms with Gasteiger partial charge in [-0.15, -0.1) is 24.2 Å². The zero-order valence-corrected chi connectivity index (χ0v) is 14.8. The molecule has 1 unspecified atom stereocenters. The number of halogens is 1. The van der Waals surface area contributed by atoms with Crippen molar-refractivity contribution in [2.45, 2.75) is 31.1 Å². The maximum Gasteiger partial charge on any atom is 0.220 e. The molecule has 1 aliphatic rings. The van der Waals surface area contributed by atoms with E-state index in [1.54, 1.807) is 11.8 Å². The van der Waals surface area contributed by atoms with Crippen molar-refractivity contribution in [1.29, 1.82) is 0 Å². The van der Waals surface area contributed by atoms with Gasteiger partial charge in [0, 0.05) is 23.6 Å². The summed E-state index contributed by atoms with van der Waals surface area (Å²) in [7, 11) is 0. The number of benzene rings is 1. The second-order valence-corrected chi connectivity index (χ2v) is 6.95. The van der Waals surface area contributed by atoms with Crippen LogP contribution in [0.25, 0.3) is 0 Å². The molecule has 1 aromatic carbocycles. The van der Waals surface area contributed by atoms with Gasteiger partial charge in [0.15, 0.2) is 0 Å². The summed E-state index contributed by atoms with van der Waals surface area (Å²) in [4.78, 5) is 13.2. The molecule has 0 spiro atoms. The van der Waals surface area contributed by atoms with Crippen LogP contribution in [-0.4, -0.2) is 31.3 Å². The van der Waals surface area contributed by atoms with Gasteiger partial charge in [-0.25, -0.2) is 0 Å². The van der Waals surface area contributed by atoms with Crippen molar-refractivity contribution in [3.8, 4) is 0 Å². The van der Waals surface area contributed by atoms with Gasteiger partial charge in [0.05, 0.1) is 0 Å². The zero-order chi connectivity index (χ0) is 14.9. The molecular formula is C17H27ClN2OS. The number of amides is 1. The van der Waals surface area contributed by atoms with Gasteiger partial charge in [-0.2, -0.15) is 0 Å².